The van der Waals surface area contributed by atoms with Gasteiger partial charge in [-0.05, 0) is 49.2 Å². The van der Waals surface area contributed by atoms with E-state index in [1.54, 1.807) is 13.2 Å². The molecule has 134 valence electrons. The molecule has 0 radical (unpaired) electrons. The molecule has 25 heavy (non-hydrogen) atoms. The Balaban J connectivity index is 1.78. The molecule has 0 spiro atoms. The van der Waals surface area contributed by atoms with E-state index in [-0.39, 0.29) is 13.2 Å². The molecule has 2 amide bonds. The zero-order valence-electron chi connectivity index (χ0n) is 14.7. The number of aryl methyl sites for hydroxylation is 2. The Labute approximate surface area is 147 Å². The monoisotopic (exact) mass is 344 g/mol. The van der Waals surface area contributed by atoms with Crippen molar-refractivity contribution in [3.05, 3.63) is 53.6 Å². The van der Waals surface area contributed by atoms with Crippen molar-refractivity contribution >= 4 is 11.7 Å². The number of hydrogen-bond donors (Lipinski definition) is 3. The molecule has 0 fully saturated rings. The average molecular weight is 344 g/mol. The zero-order chi connectivity index (χ0) is 18.2. The molecular formula is C19H24N2O4. The first-order chi connectivity index (χ1) is 12.0. The molecule has 0 aromatic heterocycles. The van der Waals surface area contributed by atoms with Gasteiger partial charge in [0.05, 0.1) is 12.8 Å². The van der Waals surface area contributed by atoms with Crippen LogP contribution < -0.4 is 20.1 Å². The zero-order valence-corrected chi connectivity index (χ0v) is 14.7. The molecule has 1 atom stereocenters. The van der Waals surface area contributed by atoms with E-state index in [1.807, 2.05) is 50.2 Å². The van der Waals surface area contributed by atoms with Crippen LogP contribution in [0.4, 0.5) is 10.5 Å². The highest BCUT2D eigenvalue weighted by Gasteiger charge is 2.10. The van der Waals surface area contributed by atoms with Crippen LogP contribution in [0.2, 0.25) is 0 Å². The van der Waals surface area contributed by atoms with Crippen molar-refractivity contribution in [1.29, 1.82) is 0 Å². The Morgan fingerprint density at radius 3 is 2.64 bits per heavy atom. The first kappa shape index (κ1) is 18.6. The number of methoxy groups -OCH3 is 1. The molecule has 0 aliphatic carbocycles. The third-order valence-electron chi connectivity index (χ3n) is 3.53. The van der Waals surface area contributed by atoms with Crippen molar-refractivity contribution in [3.63, 3.8) is 0 Å². The second kappa shape index (κ2) is 8.94. The number of aliphatic hydroxyl groups is 1. The molecular weight excluding hydrogens is 320 g/mol. The van der Waals surface area contributed by atoms with Crippen molar-refractivity contribution in [2.75, 3.05) is 25.6 Å². The van der Waals surface area contributed by atoms with Gasteiger partial charge in [0.2, 0.25) is 0 Å². The fourth-order valence-electron chi connectivity index (χ4n) is 2.25. The standard InChI is InChI=1S/C19H24N2O4/c1-13-5-4-6-16(9-13)25-12-15(22)11-20-19(23)21-17-10-14(2)7-8-18(17)24-3/h4-10,15,22H,11-12H2,1-3H3,(H2,20,21,23). The summed E-state index contributed by atoms with van der Waals surface area (Å²) in [5.41, 5.74) is 2.66. The lowest BCUT2D eigenvalue weighted by molar-refractivity contribution is 0.108. The van der Waals surface area contributed by atoms with Crippen LogP contribution in [-0.4, -0.2) is 37.5 Å². The topological polar surface area (TPSA) is 79.8 Å². The van der Waals surface area contributed by atoms with Gasteiger partial charge < -0.3 is 25.2 Å². The van der Waals surface area contributed by atoms with E-state index in [2.05, 4.69) is 10.6 Å². The van der Waals surface area contributed by atoms with Gasteiger partial charge in [0.1, 0.15) is 24.2 Å². The SMILES string of the molecule is COc1ccc(C)cc1NC(=O)NCC(O)COc1cccc(C)c1. The fourth-order valence-corrected chi connectivity index (χ4v) is 2.25. The molecule has 6 nitrogen and oxygen atoms in total. The largest absolute Gasteiger partial charge is 0.495 e. The van der Waals surface area contributed by atoms with Crippen LogP contribution in [0, 0.1) is 13.8 Å². The van der Waals surface area contributed by atoms with E-state index in [0.29, 0.717) is 17.2 Å². The van der Waals surface area contributed by atoms with Gasteiger partial charge in [0.25, 0.3) is 0 Å². The Hall–Kier alpha value is -2.73. The number of aliphatic hydroxyl groups excluding tert-OH is 1. The van der Waals surface area contributed by atoms with Gasteiger partial charge in [-0.15, -0.1) is 0 Å². The molecule has 0 saturated heterocycles. The van der Waals surface area contributed by atoms with Gasteiger partial charge in [-0.25, -0.2) is 4.79 Å². The highest BCUT2D eigenvalue weighted by Crippen LogP contribution is 2.24. The molecule has 0 saturated carbocycles. The van der Waals surface area contributed by atoms with Gasteiger partial charge >= 0.3 is 6.03 Å². The minimum absolute atomic E-state index is 0.0752. The number of hydrogen-bond acceptors (Lipinski definition) is 4. The molecule has 0 heterocycles. The van der Waals surface area contributed by atoms with Gasteiger partial charge in [0.15, 0.2) is 0 Å². The number of ether oxygens (including phenoxy) is 2. The predicted molar refractivity (Wildman–Crippen MR) is 97.4 cm³/mol. The van der Waals surface area contributed by atoms with E-state index in [1.165, 1.54) is 0 Å². The summed E-state index contributed by atoms with van der Waals surface area (Å²) in [6.07, 6.45) is -0.814. The van der Waals surface area contributed by atoms with E-state index in [9.17, 15) is 9.90 Å². The summed E-state index contributed by atoms with van der Waals surface area (Å²) in [5, 5.41) is 15.3. The maximum atomic E-state index is 12.0. The van der Waals surface area contributed by atoms with Crippen molar-refractivity contribution < 1.29 is 19.4 Å². The minimum atomic E-state index is -0.814. The number of urea groups is 1. The lowest BCUT2D eigenvalue weighted by Crippen LogP contribution is -2.37. The van der Waals surface area contributed by atoms with Crippen LogP contribution in [0.5, 0.6) is 11.5 Å². The molecule has 2 aromatic rings. The van der Waals surface area contributed by atoms with Crippen molar-refractivity contribution in [3.8, 4) is 11.5 Å². The minimum Gasteiger partial charge on any atom is -0.495 e. The summed E-state index contributed by atoms with van der Waals surface area (Å²) < 4.78 is 10.7. The van der Waals surface area contributed by atoms with Gasteiger partial charge in [-0.3, -0.25) is 0 Å². The molecule has 0 aliphatic rings. The predicted octanol–water partition coefficient (Wildman–Crippen LogP) is 2.87. The van der Waals surface area contributed by atoms with E-state index < -0.39 is 12.1 Å². The third kappa shape index (κ3) is 6.00. The van der Waals surface area contributed by atoms with Crippen LogP contribution in [0.25, 0.3) is 0 Å². The molecule has 0 aliphatic heterocycles. The quantitative estimate of drug-likeness (QED) is 0.721. The summed E-state index contributed by atoms with van der Waals surface area (Å²) in [6, 6.07) is 12.6. The summed E-state index contributed by atoms with van der Waals surface area (Å²) in [4.78, 5) is 12.0. The van der Waals surface area contributed by atoms with E-state index >= 15 is 0 Å². The lowest BCUT2D eigenvalue weighted by Gasteiger charge is -2.15. The summed E-state index contributed by atoms with van der Waals surface area (Å²) in [7, 11) is 1.54. The molecule has 2 rings (SSSR count). The fraction of sp³-hybridized carbons (Fsp3) is 0.316. The summed E-state index contributed by atoms with van der Waals surface area (Å²) in [6.45, 7) is 4.06. The molecule has 3 N–H and O–H groups in total. The molecule has 1 unspecified atom stereocenters. The van der Waals surface area contributed by atoms with Crippen LogP contribution in [0.1, 0.15) is 11.1 Å². The first-order valence-corrected chi connectivity index (χ1v) is 8.05. The highest BCUT2D eigenvalue weighted by atomic mass is 16.5. The number of benzene rings is 2. The first-order valence-electron chi connectivity index (χ1n) is 8.05. The Morgan fingerprint density at radius 1 is 1.16 bits per heavy atom. The van der Waals surface area contributed by atoms with Crippen LogP contribution >= 0.6 is 0 Å². The number of rotatable bonds is 7. The van der Waals surface area contributed by atoms with E-state index in [0.717, 1.165) is 11.1 Å². The second-order valence-corrected chi connectivity index (χ2v) is 5.82. The van der Waals surface area contributed by atoms with Gasteiger partial charge in [-0.1, -0.05) is 18.2 Å². The van der Waals surface area contributed by atoms with Crippen molar-refractivity contribution in [1.82, 2.24) is 5.32 Å². The van der Waals surface area contributed by atoms with Gasteiger partial charge in [0, 0.05) is 6.54 Å². The van der Waals surface area contributed by atoms with Crippen molar-refractivity contribution in [2.45, 2.75) is 20.0 Å². The second-order valence-electron chi connectivity index (χ2n) is 5.82. The maximum Gasteiger partial charge on any atom is 0.319 e. The van der Waals surface area contributed by atoms with Crippen LogP contribution in [-0.2, 0) is 0 Å². The smallest absolute Gasteiger partial charge is 0.319 e. The number of carbonyl (C=O) groups is 1. The third-order valence-corrected chi connectivity index (χ3v) is 3.53. The Kier molecular flexibility index (Phi) is 6.65. The molecule has 2 aromatic carbocycles. The summed E-state index contributed by atoms with van der Waals surface area (Å²) >= 11 is 0. The van der Waals surface area contributed by atoms with Crippen LogP contribution in [0.15, 0.2) is 42.5 Å². The number of nitrogens with one attached hydrogen (secondary N) is 2. The Morgan fingerprint density at radius 2 is 1.92 bits per heavy atom. The van der Waals surface area contributed by atoms with Crippen LogP contribution in [0.3, 0.4) is 0 Å². The average Bonchev–Trinajstić information content (AvgIpc) is 2.58. The summed E-state index contributed by atoms with van der Waals surface area (Å²) in [5.74, 6) is 1.26. The molecule has 0 bridgehead atoms. The number of amides is 2. The normalized spacial score (nSPS) is 11.5. The van der Waals surface area contributed by atoms with Gasteiger partial charge in [-0.2, -0.15) is 0 Å². The number of anilines is 1. The highest BCUT2D eigenvalue weighted by molar-refractivity contribution is 5.91. The van der Waals surface area contributed by atoms with E-state index in [4.69, 9.17) is 9.47 Å². The Bertz CT molecular complexity index is 718. The van der Waals surface area contributed by atoms with Crippen molar-refractivity contribution in [2.24, 2.45) is 0 Å². The molecule has 6 heteroatoms. The lowest BCUT2D eigenvalue weighted by atomic mass is 10.2. The maximum absolute atomic E-state index is 12.0. The number of carbonyl (C=O) groups excluding carboxylic acids is 1.